The average molecular weight is 973 g/mol. The number of halogens is 4. The number of azo groups is 2. The zero-order valence-electron chi connectivity index (χ0n) is 36.7. The highest BCUT2D eigenvalue weighted by Gasteiger charge is 2.27. The van der Waals surface area contributed by atoms with Crippen LogP contribution in [-0.2, 0) is 32.0 Å². The molecular formula is C48H46Cl4N8O6. The molecule has 0 spiro atoms. The van der Waals surface area contributed by atoms with Gasteiger partial charge in [-0.05, 0) is 136 Å². The molecule has 18 heteroatoms. The van der Waals surface area contributed by atoms with Crippen LogP contribution in [0, 0.1) is 0 Å². The molecule has 5 rings (SSSR count). The third-order valence-electron chi connectivity index (χ3n) is 10.0. The van der Waals surface area contributed by atoms with Crippen LogP contribution in [0.3, 0.4) is 0 Å². The number of Topliss-reactive ketones (excluding diaryl/α,β-unsaturated/α-hetero) is 2. The van der Waals surface area contributed by atoms with Crippen LogP contribution in [0.15, 0.2) is 118 Å². The Hall–Kier alpha value is -6.32. The summed E-state index contributed by atoms with van der Waals surface area (Å²) in [7, 11) is 0. The van der Waals surface area contributed by atoms with Gasteiger partial charge in [-0.2, -0.15) is 20.5 Å². The summed E-state index contributed by atoms with van der Waals surface area (Å²) < 4.78 is 0. The average Bonchev–Trinajstić information content (AvgIpc) is 3.27. The molecule has 0 saturated heterocycles. The largest absolute Gasteiger partial charge is 0.324 e. The minimum absolute atomic E-state index is 0.0517. The number of nitrogens with one attached hydrogen (secondary N) is 4. The smallest absolute Gasteiger partial charge is 0.258 e. The first-order valence-corrected chi connectivity index (χ1v) is 22.3. The topological polar surface area (TPSA) is 200 Å². The Balaban J connectivity index is 1.30. The van der Waals surface area contributed by atoms with Crippen molar-refractivity contribution in [2.45, 2.75) is 77.2 Å². The number of hydrogen-bond donors (Lipinski definition) is 4. The van der Waals surface area contributed by atoms with E-state index in [-0.39, 0.29) is 43.3 Å². The van der Waals surface area contributed by atoms with Gasteiger partial charge >= 0.3 is 0 Å². The van der Waals surface area contributed by atoms with Crippen LogP contribution in [0.1, 0.15) is 95.3 Å². The maximum Gasteiger partial charge on any atom is 0.258 e. The molecule has 0 aliphatic carbocycles. The van der Waals surface area contributed by atoms with Gasteiger partial charge in [-0.15, -0.1) is 23.2 Å². The third-order valence-corrected chi connectivity index (χ3v) is 11.2. The lowest BCUT2D eigenvalue weighted by molar-refractivity contribution is -0.127. The molecule has 0 bridgehead atoms. The maximum absolute atomic E-state index is 13.7. The predicted molar refractivity (Wildman–Crippen MR) is 261 cm³/mol. The summed E-state index contributed by atoms with van der Waals surface area (Å²) in [5.41, 5.74) is 5.10. The lowest BCUT2D eigenvalue weighted by Gasteiger charge is -2.19. The summed E-state index contributed by atoms with van der Waals surface area (Å²) in [6, 6.07) is 22.9. The Labute approximate surface area is 402 Å². The first-order chi connectivity index (χ1) is 31.4. The van der Waals surface area contributed by atoms with Gasteiger partial charge in [0.25, 0.3) is 23.6 Å². The zero-order chi connectivity index (χ0) is 48.2. The fourth-order valence-corrected chi connectivity index (χ4v) is 7.01. The van der Waals surface area contributed by atoms with E-state index < -0.39 is 47.3 Å². The lowest BCUT2D eigenvalue weighted by atomic mass is 10.0. The van der Waals surface area contributed by atoms with Gasteiger partial charge in [-0.1, -0.05) is 61.3 Å². The number of nitrogens with zero attached hydrogens (tertiary/aromatic N) is 4. The van der Waals surface area contributed by atoms with Gasteiger partial charge in [0.15, 0.2) is 11.6 Å². The van der Waals surface area contributed by atoms with Crippen molar-refractivity contribution in [3.8, 4) is 0 Å². The van der Waals surface area contributed by atoms with Crippen molar-refractivity contribution < 1.29 is 28.8 Å². The van der Waals surface area contributed by atoms with Gasteiger partial charge in [0.1, 0.15) is 11.4 Å². The minimum atomic E-state index is -1.59. The molecule has 4 N–H and O–H groups in total. The normalized spacial score (nSPS) is 13.1. The fraction of sp³-hybridized carbons (Fsp3) is 0.250. The number of rotatable bonds is 18. The molecule has 0 fully saturated rings. The molecule has 0 saturated carbocycles. The Bertz CT molecular complexity index is 2720. The van der Waals surface area contributed by atoms with E-state index in [1.54, 1.807) is 48.5 Å². The molecule has 5 aromatic carbocycles. The molecule has 0 aliphatic heterocycles. The lowest BCUT2D eigenvalue weighted by Crippen LogP contribution is -2.33. The highest BCUT2D eigenvalue weighted by molar-refractivity contribution is 6.33. The molecular weight excluding hydrogens is 926 g/mol. The van der Waals surface area contributed by atoms with Crippen LogP contribution in [0.5, 0.6) is 0 Å². The Morgan fingerprint density at radius 2 is 0.939 bits per heavy atom. The van der Waals surface area contributed by atoms with Crippen molar-refractivity contribution in [3.63, 3.8) is 0 Å². The van der Waals surface area contributed by atoms with Crippen molar-refractivity contribution in [1.29, 1.82) is 0 Å². The number of carbonyl (C=O) groups excluding carboxylic acids is 6. The fourth-order valence-electron chi connectivity index (χ4n) is 6.43. The van der Waals surface area contributed by atoms with Gasteiger partial charge in [0.05, 0.1) is 20.8 Å². The van der Waals surface area contributed by atoms with Crippen molar-refractivity contribution >= 4 is 116 Å². The van der Waals surface area contributed by atoms with E-state index in [0.29, 0.717) is 46.7 Å². The van der Waals surface area contributed by atoms with Crippen LogP contribution in [0.4, 0.5) is 34.1 Å². The van der Waals surface area contributed by atoms with Gasteiger partial charge in [-0.3, -0.25) is 28.8 Å². The predicted octanol–water partition coefficient (Wildman–Crippen LogP) is 12.6. The molecule has 342 valence electrons. The maximum atomic E-state index is 13.7. The SMILES string of the molecule is CCc1cc(NC(=O)C(N=Nc2cc(C(=O)Nc3cccc(C(C)Cl)c3)ccc2Cl)C(C)=O)cc(CC)c1NC(=O)C(N=Nc1cc(C(=O)Nc2cccc(C(C)Cl)c2)ccc1Cl)C(C)=O. The van der Waals surface area contributed by atoms with E-state index in [0.717, 1.165) is 11.1 Å². The molecule has 0 aromatic heterocycles. The highest BCUT2D eigenvalue weighted by Crippen LogP contribution is 2.32. The molecule has 4 atom stereocenters. The first-order valence-electron chi connectivity index (χ1n) is 20.7. The van der Waals surface area contributed by atoms with Crippen LogP contribution in [-0.4, -0.2) is 47.3 Å². The number of benzene rings is 5. The van der Waals surface area contributed by atoms with E-state index in [1.165, 1.54) is 50.2 Å². The molecule has 0 heterocycles. The van der Waals surface area contributed by atoms with E-state index >= 15 is 0 Å². The highest BCUT2D eigenvalue weighted by atomic mass is 35.5. The van der Waals surface area contributed by atoms with Crippen LogP contribution in [0.2, 0.25) is 10.0 Å². The second-order valence-corrected chi connectivity index (χ2v) is 17.2. The van der Waals surface area contributed by atoms with Crippen molar-refractivity contribution in [3.05, 3.63) is 140 Å². The Morgan fingerprint density at radius 1 is 0.530 bits per heavy atom. The number of carbonyl (C=O) groups is 6. The van der Waals surface area contributed by atoms with Gasteiger partial charge in [-0.25, -0.2) is 0 Å². The second kappa shape index (κ2) is 23.2. The second-order valence-electron chi connectivity index (χ2n) is 15.0. The van der Waals surface area contributed by atoms with Crippen molar-refractivity contribution in [1.82, 2.24) is 0 Å². The Kier molecular flexibility index (Phi) is 17.8. The summed E-state index contributed by atoms with van der Waals surface area (Å²) in [5, 5.41) is 27.1. The van der Waals surface area contributed by atoms with Crippen LogP contribution in [0.25, 0.3) is 0 Å². The quantitative estimate of drug-likeness (QED) is 0.0382. The van der Waals surface area contributed by atoms with Crippen molar-refractivity contribution in [2.75, 3.05) is 21.3 Å². The third kappa shape index (κ3) is 13.4. The Morgan fingerprint density at radius 3 is 1.32 bits per heavy atom. The standard InChI is InChI=1S/C48H46Cl4N8O6/c1-7-29-19-37(55-47(65)42(27(5)61)59-57-40-23-33(15-17-38(40)51)45(63)53-35-13-9-11-31(21-35)25(3)49)20-30(8-2)44(29)56-48(66)43(28(6)62)60-58-41-24-34(16-18-39(41)52)46(64)54-36-14-10-12-32(22-36)26(4)50/h9-26,42-43H,7-8H2,1-6H3,(H,53,63)(H,54,64)(H,55,65)(H,56,66). The van der Waals surface area contributed by atoms with E-state index in [1.807, 2.05) is 39.8 Å². The number of ketones is 2. The summed E-state index contributed by atoms with van der Waals surface area (Å²) in [6.45, 7) is 9.68. The molecule has 0 aliphatic rings. The molecule has 0 radical (unpaired) electrons. The van der Waals surface area contributed by atoms with Crippen LogP contribution < -0.4 is 21.3 Å². The molecule has 4 amide bonds. The molecule has 5 aromatic rings. The number of aryl methyl sites for hydroxylation is 2. The minimum Gasteiger partial charge on any atom is -0.324 e. The number of amides is 4. The first kappa shape index (κ1) is 50.7. The molecule has 14 nitrogen and oxygen atoms in total. The monoisotopic (exact) mass is 970 g/mol. The number of hydrogen-bond acceptors (Lipinski definition) is 10. The van der Waals surface area contributed by atoms with Crippen molar-refractivity contribution in [2.24, 2.45) is 20.5 Å². The summed E-state index contributed by atoms with van der Waals surface area (Å²) in [6.07, 6.45) is 0.765. The van der Waals surface area contributed by atoms with Gasteiger partial charge < -0.3 is 21.3 Å². The van der Waals surface area contributed by atoms with E-state index in [2.05, 4.69) is 41.7 Å². The molecule has 66 heavy (non-hydrogen) atoms. The summed E-state index contributed by atoms with van der Waals surface area (Å²) in [5.74, 6) is -3.72. The number of anilines is 4. The molecule has 4 unspecified atom stereocenters. The zero-order valence-corrected chi connectivity index (χ0v) is 39.7. The summed E-state index contributed by atoms with van der Waals surface area (Å²) in [4.78, 5) is 79.1. The van der Waals surface area contributed by atoms with Crippen LogP contribution >= 0.6 is 46.4 Å². The van der Waals surface area contributed by atoms with E-state index in [4.69, 9.17) is 46.4 Å². The van der Waals surface area contributed by atoms with Gasteiger partial charge in [0, 0.05) is 33.9 Å². The van der Waals surface area contributed by atoms with Gasteiger partial charge in [0.2, 0.25) is 12.1 Å². The summed E-state index contributed by atoms with van der Waals surface area (Å²) >= 11 is 25.2. The van der Waals surface area contributed by atoms with E-state index in [9.17, 15) is 28.8 Å². The number of alkyl halides is 2.